The van der Waals surface area contributed by atoms with Crippen molar-refractivity contribution in [1.29, 1.82) is 0 Å². The van der Waals surface area contributed by atoms with Crippen LogP contribution in [0.1, 0.15) is 37.6 Å². The predicted molar refractivity (Wildman–Crippen MR) is 63.4 cm³/mol. The van der Waals surface area contributed by atoms with Gasteiger partial charge in [0.15, 0.2) is 17.3 Å². The van der Waals surface area contributed by atoms with Crippen LogP contribution in [-0.4, -0.2) is 19.0 Å². The Hall–Kier alpha value is -1.51. The molecule has 0 aliphatic rings. The van der Waals surface area contributed by atoms with Gasteiger partial charge in [-0.3, -0.25) is 4.79 Å². The number of hydrogen-bond donors (Lipinski definition) is 0. The summed E-state index contributed by atoms with van der Waals surface area (Å²) in [5, 5.41) is 0. The number of hydrogen-bond acceptors (Lipinski definition) is 3. The fourth-order valence-corrected chi connectivity index (χ4v) is 1.28. The molecule has 3 heteroatoms. The summed E-state index contributed by atoms with van der Waals surface area (Å²) >= 11 is 0. The Morgan fingerprint density at radius 2 is 2.06 bits per heavy atom. The number of methoxy groups -OCH3 is 1. The van der Waals surface area contributed by atoms with Gasteiger partial charge >= 0.3 is 0 Å². The van der Waals surface area contributed by atoms with E-state index in [1.165, 1.54) is 6.92 Å². The molecule has 0 amide bonds. The van der Waals surface area contributed by atoms with Gasteiger partial charge in [-0.15, -0.1) is 0 Å². The molecular weight excluding hydrogens is 204 g/mol. The van der Waals surface area contributed by atoms with Gasteiger partial charge in [0.25, 0.3) is 0 Å². The molecule has 1 atom stereocenters. The van der Waals surface area contributed by atoms with Crippen molar-refractivity contribution in [3.05, 3.63) is 23.8 Å². The number of carbonyl (C=O) groups excluding carboxylic acids is 1. The van der Waals surface area contributed by atoms with Crippen LogP contribution in [0.25, 0.3) is 0 Å². The fraction of sp³-hybridized carbons (Fsp3) is 0.462. The summed E-state index contributed by atoms with van der Waals surface area (Å²) < 4.78 is 10.9. The van der Waals surface area contributed by atoms with Gasteiger partial charge in [0.05, 0.1) is 13.2 Å². The lowest BCUT2D eigenvalue weighted by Gasteiger charge is -2.15. The maximum Gasteiger partial charge on any atom is 0.161 e. The SMILES string of the molecule is CCC(C)Oc1ccc(C(C)=O)cc1OC. The van der Waals surface area contributed by atoms with Crippen LogP contribution < -0.4 is 9.47 Å². The Morgan fingerprint density at radius 1 is 1.38 bits per heavy atom. The quantitative estimate of drug-likeness (QED) is 0.718. The molecule has 1 aromatic carbocycles. The monoisotopic (exact) mass is 222 g/mol. The zero-order chi connectivity index (χ0) is 12.1. The Labute approximate surface area is 96.4 Å². The van der Waals surface area contributed by atoms with E-state index in [9.17, 15) is 4.79 Å². The summed E-state index contributed by atoms with van der Waals surface area (Å²) in [6.45, 7) is 5.59. The van der Waals surface area contributed by atoms with Gasteiger partial charge in [0.1, 0.15) is 0 Å². The van der Waals surface area contributed by atoms with Crippen molar-refractivity contribution >= 4 is 5.78 Å². The number of ketones is 1. The molecule has 0 saturated heterocycles. The van der Waals surface area contributed by atoms with Gasteiger partial charge in [-0.1, -0.05) is 6.92 Å². The topological polar surface area (TPSA) is 35.5 Å². The maximum atomic E-state index is 11.2. The third-order valence-corrected chi connectivity index (χ3v) is 2.47. The second-order valence-electron chi connectivity index (χ2n) is 3.76. The lowest BCUT2D eigenvalue weighted by atomic mass is 10.1. The van der Waals surface area contributed by atoms with E-state index < -0.39 is 0 Å². The second-order valence-corrected chi connectivity index (χ2v) is 3.76. The molecule has 0 heterocycles. The van der Waals surface area contributed by atoms with Crippen LogP contribution in [0.3, 0.4) is 0 Å². The van der Waals surface area contributed by atoms with Crippen molar-refractivity contribution < 1.29 is 14.3 Å². The Balaban J connectivity index is 2.97. The van der Waals surface area contributed by atoms with Crippen molar-refractivity contribution in [2.75, 3.05) is 7.11 Å². The van der Waals surface area contributed by atoms with Crippen LogP contribution >= 0.6 is 0 Å². The molecule has 0 fully saturated rings. The molecule has 0 N–H and O–H groups in total. The maximum absolute atomic E-state index is 11.2. The first-order chi connectivity index (χ1) is 7.58. The van der Waals surface area contributed by atoms with Gasteiger partial charge in [0.2, 0.25) is 0 Å². The highest BCUT2D eigenvalue weighted by Gasteiger charge is 2.10. The fourth-order valence-electron chi connectivity index (χ4n) is 1.28. The van der Waals surface area contributed by atoms with Crippen LogP contribution in [0.15, 0.2) is 18.2 Å². The largest absolute Gasteiger partial charge is 0.493 e. The average molecular weight is 222 g/mol. The van der Waals surface area contributed by atoms with Gasteiger partial charge in [-0.25, -0.2) is 0 Å². The second kappa shape index (κ2) is 5.54. The van der Waals surface area contributed by atoms with Gasteiger partial charge in [0, 0.05) is 5.56 Å². The molecular formula is C13H18O3. The molecule has 1 unspecified atom stereocenters. The van der Waals surface area contributed by atoms with Crippen molar-refractivity contribution in [1.82, 2.24) is 0 Å². The van der Waals surface area contributed by atoms with E-state index in [0.717, 1.165) is 6.42 Å². The number of ether oxygens (including phenoxy) is 2. The summed E-state index contributed by atoms with van der Waals surface area (Å²) in [5.41, 5.74) is 0.633. The minimum absolute atomic E-state index is 0.0217. The molecule has 0 aromatic heterocycles. The Kier molecular flexibility index (Phi) is 4.35. The molecule has 3 nitrogen and oxygen atoms in total. The molecule has 0 spiro atoms. The van der Waals surface area contributed by atoms with Crippen LogP contribution in [0, 0.1) is 0 Å². The van der Waals surface area contributed by atoms with Gasteiger partial charge in [-0.05, 0) is 38.5 Å². The zero-order valence-corrected chi connectivity index (χ0v) is 10.2. The molecule has 1 aromatic rings. The highest BCUT2D eigenvalue weighted by molar-refractivity contribution is 5.94. The standard InChI is InChI=1S/C13H18O3/c1-5-9(2)16-12-7-6-11(10(3)14)8-13(12)15-4/h6-9H,5H2,1-4H3. The van der Waals surface area contributed by atoms with Crippen LogP contribution in [0.4, 0.5) is 0 Å². The third-order valence-electron chi connectivity index (χ3n) is 2.47. The number of carbonyl (C=O) groups is 1. The predicted octanol–water partition coefficient (Wildman–Crippen LogP) is 3.08. The zero-order valence-electron chi connectivity index (χ0n) is 10.2. The van der Waals surface area contributed by atoms with E-state index >= 15 is 0 Å². The number of rotatable bonds is 5. The molecule has 16 heavy (non-hydrogen) atoms. The summed E-state index contributed by atoms with van der Waals surface area (Å²) in [6.07, 6.45) is 1.06. The molecule has 0 radical (unpaired) electrons. The molecule has 0 aliphatic carbocycles. The first-order valence-electron chi connectivity index (χ1n) is 5.44. The van der Waals surface area contributed by atoms with Crippen molar-refractivity contribution in [3.63, 3.8) is 0 Å². The third kappa shape index (κ3) is 2.99. The number of benzene rings is 1. The van der Waals surface area contributed by atoms with E-state index in [4.69, 9.17) is 9.47 Å². The lowest BCUT2D eigenvalue weighted by molar-refractivity contribution is 0.101. The lowest BCUT2D eigenvalue weighted by Crippen LogP contribution is -2.10. The van der Waals surface area contributed by atoms with Crippen LogP contribution in [-0.2, 0) is 0 Å². The van der Waals surface area contributed by atoms with E-state index in [0.29, 0.717) is 17.1 Å². The van der Waals surface area contributed by atoms with Crippen LogP contribution in [0.5, 0.6) is 11.5 Å². The van der Waals surface area contributed by atoms with E-state index in [-0.39, 0.29) is 11.9 Å². The Bertz CT molecular complexity index is 371. The molecule has 88 valence electrons. The summed E-state index contributed by atoms with van der Waals surface area (Å²) in [6, 6.07) is 5.24. The minimum atomic E-state index is 0.0217. The Morgan fingerprint density at radius 3 is 2.56 bits per heavy atom. The van der Waals surface area contributed by atoms with E-state index in [1.54, 1.807) is 25.3 Å². The highest BCUT2D eigenvalue weighted by atomic mass is 16.5. The molecule has 0 bridgehead atoms. The minimum Gasteiger partial charge on any atom is -0.493 e. The summed E-state index contributed by atoms with van der Waals surface area (Å²) in [4.78, 5) is 11.2. The molecule has 0 saturated carbocycles. The smallest absolute Gasteiger partial charge is 0.161 e. The highest BCUT2D eigenvalue weighted by Crippen LogP contribution is 2.29. The summed E-state index contributed by atoms with van der Waals surface area (Å²) in [7, 11) is 1.57. The first kappa shape index (κ1) is 12.6. The first-order valence-corrected chi connectivity index (χ1v) is 5.44. The van der Waals surface area contributed by atoms with Gasteiger partial charge in [-0.2, -0.15) is 0 Å². The van der Waals surface area contributed by atoms with Crippen LogP contribution in [0.2, 0.25) is 0 Å². The van der Waals surface area contributed by atoms with Crippen molar-refractivity contribution in [3.8, 4) is 11.5 Å². The average Bonchev–Trinajstić information content (AvgIpc) is 2.29. The van der Waals surface area contributed by atoms with E-state index in [2.05, 4.69) is 6.92 Å². The summed E-state index contributed by atoms with van der Waals surface area (Å²) in [5.74, 6) is 1.31. The normalized spacial score (nSPS) is 12.0. The van der Waals surface area contributed by atoms with E-state index in [1.807, 2.05) is 6.92 Å². The molecule has 0 aliphatic heterocycles. The number of Topliss-reactive ketones (excluding diaryl/α,β-unsaturated/α-hetero) is 1. The van der Waals surface area contributed by atoms with Gasteiger partial charge < -0.3 is 9.47 Å². The molecule has 1 rings (SSSR count). The van der Waals surface area contributed by atoms with Crippen molar-refractivity contribution in [2.24, 2.45) is 0 Å². The van der Waals surface area contributed by atoms with Crippen molar-refractivity contribution in [2.45, 2.75) is 33.3 Å².